The van der Waals surface area contributed by atoms with Crippen molar-refractivity contribution in [3.63, 3.8) is 0 Å². The van der Waals surface area contributed by atoms with Gasteiger partial charge in [0, 0.05) is 19.5 Å². The molecule has 132 valence electrons. The second kappa shape index (κ2) is 6.96. The molecule has 0 bridgehead atoms. The lowest BCUT2D eigenvalue weighted by atomic mass is 10.1. The molecule has 1 unspecified atom stereocenters. The number of benzene rings is 1. The minimum Gasteiger partial charge on any atom is -0.333 e. The van der Waals surface area contributed by atoms with E-state index in [-0.39, 0.29) is 5.91 Å². The molecule has 25 heavy (non-hydrogen) atoms. The second-order valence-electron chi connectivity index (χ2n) is 7.07. The van der Waals surface area contributed by atoms with E-state index < -0.39 is 0 Å². The van der Waals surface area contributed by atoms with E-state index in [4.69, 9.17) is 0 Å². The maximum Gasteiger partial charge on any atom is 0.223 e. The maximum absolute atomic E-state index is 12.6. The minimum absolute atomic E-state index is 0.206. The summed E-state index contributed by atoms with van der Waals surface area (Å²) in [5, 5.41) is 8.83. The van der Waals surface area contributed by atoms with Crippen LogP contribution in [0, 0.1) is 0 Å². The van der Waals surface area contributed by atoms with Crippen molar-refractivity contribution in [3.8, 4) is 0 Å². The average Bonchev–Trinajstić information content (AvgIpc) is 3.25. The van der Waals surface area contributed by atoms with Crippen LogP contribution in [0.3, 0.4) is 0 Å². The topological polar surface area (TPSA) is 54.3 Å². The van der Waals surface area contributed by atoms with Crippen LogP contribution in [0.2, 0.25) is 0 Å². The number of carbonyl (C=O) groups excluding carboxylic acids is 1. The van der Waals surface area contributed by atoms with Gasteiger partial charge in [-0.25, -0.2) is 0 Å². The standard InChI is InChI=1S/C19H25N5O/c1-22-11-5-8-16(22)19-21-20-17-14-23(12-13-24(17)19)18(25)10-9-15-6-3-2-4-7-15/h2-4,6-7,16H,5,8-14H2,1H3. The van der Waals surface area contributed by atoms with Crippen LogP contribution in [-0.4, -0.2) is 50.6 Å². The van der Waals surface area contributed by atoms with Crippen molar-refractivity contribution in [1.29, 1.82) is 0 Å². The van der Waals surface area contributed by atoms with E-state index in [0.29, 0.717) is 19.0 Å². The molecule has 1 atom stereocenters. The van der Waals surface area contributed by atoms with Gasteiger partial charge in [0.1, 0.15) is 0 Å². The Morgan fingerprint density at radius 2 is 2.00 bits per heavy atom. The Labute approximate surface area is 148 Å². The number of likely N-dealkylation sites (tertiary alicyclic amines) is 1. The van der Waals surface area contributed by atoms with Crippen LogP contribution in [-0.2, 0) is 24.3 Å². The van der Waals surface area contributed by atoms with Gasteiger partial charge in [0.25, 0.3) is 0 Å². The van der Waals surface area contributed by atoms with E-state index in [2.05, 4.69) is 38.8 Å². The van der Waals surface area contributed by atoms with Gasteiger partial charge in [-0.05, 0) is 38.4 Å². The third-order valence-corrected chi connectivity index (χ3v) is 5.42. The number of fused-ring (bicyclic) bond motifs is 1. The molecule has 1 amide bonds. The summed E-state index contributed by atoms with van der Waals surface area (Å²) in [6.45, 7) is 3.26. The SMILES string of the molecule is CN1CCCC1c1nnc2n1CCN(C(=O)CCc1ccccc1)C2. The number of carbonyl (C=O) groups is 1. The van der Waals surface area contributed by atoms with E-state index in [1.54, 1.807) is 0 Å². The maximum atomic E-state index is 12.6. The van der Waals surface area contributed by atoms with Crippen molar-refractivity contribution in [3.05, 3.63) is 47.5 Å². The predicted molar refractivity (Wildman–Crippen MR) is 94.8 cm³/mol. The van der Waals surface area contributed by atoms with Gasteiger partial charge in [-0.2, -0.15) is 0 Å². The highest BCUT2D eigenvalue weighted by Gasteiger charge is 2.31. The number of hydrogen-bond donors (Lipinski definition) is 0. The molecule has 6 heteroatoms. The Balaban J connectivity index is 1.39. The van der Waals surface area contributed by atoms with Gasteiger partial charge < -0.3 is 9.47 Å². The number of rotatable bonds is 4. The Hall–Kier alpha value is -2.21. The monoisotopic (exact) mass is 339 g/mol. The molecular weight excluding hydrogens is 314 g/mol. The van der Waals surface area contributed by atoms with E-state index in [0.717, 1.165) is 44.1 Å². The van der Waals surface area contributed by atoms with Crippen LogP contribution in [0.25, 0.3) is 0 Å². The first kappa shape index (κ1) is 16.3. The summed E-state index contributed by atoms with van der Waals surface area (Å²) in [5.74, 6) is 2.21. The van der Waals surface area contributed by atoms with Crippen molar-refractivity contribution in [2.24, 2.45) is 0 Å². The summed E-state index contributed by atoms with van der Waals surface area (Å²) in [5.41, 5.74) is 1.21. The molecule has 0 saturated carbocycles. The largest absolute Gasteiger partial charge is 0.333 e. The number of hydrogen-bond acceptors (Lipinski definition) is 4. The molecule has 0 radical (unpaired) electrons. The molecule has 2 aliphatic rings. The highest BCUT2D eigenvalue weighted by Crippen LogP contribution is 2.30. The summed E-state index contributed by atoms with van der Waals surface area (Å²) >= 11 is 0. The van der Waals surface area contributed by atoms with Crippen molar-refractivity contribution >= 4 is 5.91 Å². The van der Waals surface area contributed by atoms with Gasteiger partial charge in [0.2, 0.25) is 5.91 Å². The predicted octanol–water partition coefficient (Wildman–Crippen LogP) is 2.02. The van der Waals surface area contributed by atoms with Crippen LogP contribution >= 0.6 is 0 Å². The summed E-state index contributed by atoms with van der Waals surface area (Å²) in [4.78, 5) is 16.8. The molecule has 2 aromatic rings. The molecule has 1 aromatic carbocycles. The van der Waals surface area contributed by atoms with Crippen molar-refractivity contribution in [2.45, 2.75) is 44.8 Å². The first-order valence-electron chi connectivity index (χ1n) is 9.16. The van der Waals surface area contributed by atoms with Gasteiger partial charge in [0.05, 0.1) is 12.6 Å². The molecule has 4 rings (SSSR count). The molecule has 6 nitrogen and oxygen atoms in total. The second-order valence-corrected chi connectivity index (χ2v) is 7.07. The normalized spacial score (nSPS) is 20.7. The zero-order valence-electron chi connectivity index (χ0n) is 14.8. The average molecular weight is 339 g/mol. The lowest BCUT2D eigenvalue weighted by molar-refractivity contribution is -0.132. The lowest BCUT2D eigenvalue weighted by Gasteiger charge is -2.29. The fourth-order valence-corrected chi connectivity index (χ4v) is 3.93. The van der Waals surface area contributed by atoms with Crippen molar-refractivity contribution in [2.75, 3.05) is 20.1 Å². The summed E-state index contributed by atoms with van der Waals surface area (Å²) in [6, 6.07) is 10.6. The van der Waals surface area contributed by atoms with Crippen LogP contribution in [0.5, 0.6) is 0 Å². The summed E-state index contributed by atoms with van der Waals surface area (Å²) < 4.78 is 2.23. The van der Waals surface area contributed by atoms with Crippen LogP contribution in [0.1, 0.15) is 42.5 Å². The Morgan fingerprint density at radius 3 is 2.76 bits per heavy atom. The molecule has 0 aliphatic carbocycles. The highest BCUT2D eigenvalue weighted by atomic mass is 16.2. The van der Waals surface area contributed by atoms with Gasteiger partial charge in [-0.1, -0.05) is 30.3 Å². The van der Waals surface area contributed by atoms with Gasteiger partial charge in [-0.3, -0.25) is 9.69 Å². The smallest absolute Gasteiger partial charge is 0.223 e. The van der Waals surface area contributed by atoms with Crippen molar-refractivity contribution in [1.82, 2.24) is 24.6 Å². The number of aromatic nitrogens is 3. The quantitative estimate of drug-likeness (QED) is 0.855. The third kappa shape index (κ3) is 3.31. The zero-order valence-corrected chi connectivity index (χ0v) is 14.8. The highest BCUT2D eigenvalue weighted by molar-refractivity contribution is 5.76. The third-order valence-electron chi connectivity index (χ3n) is 5.42. The molecule has 0 N–H and O–H groups in total. The van der Waals surface area contributed by atoms with Gasteiger partial charge >= 0.3 is 0 Å². The Morgan fingerprint density at radius 1 is 1.16 bits per heavy atom. The van der Waals surface area contributed by atoms with Crippen LogP contribution in [0.4, 0.5) is 0 Å². The van der Waals surface area contributed by atoms with Gasteiger partial charge in [-0.15, -0.1) is 10.2 Å². The van der Waals surface area contributed by atoms with E-state index >= 15 is 0 Å². The molecule has 1 saturated heterocycles. The van der Waals surface area contributed by atoms with Crippen molar-refractivity contribution < 1.29 is 4.79 Å². The molecule has 1 aromatic heterocycles. The first-order valence-corrected chi connectivity index (χ1v) is 9.16. The Bertz CT molecular complexity index is 742. The van der Waals surface area contributed by atoms with Gasteiger partial charge in [0.15, 0.2) is 11.6 Å². The summed E-state index contributed by atoms with van der Waals surface area (Å²) in [7, 11) is 2.15. The van der Waals surface area contributed by atoms with Crippen LogP contribution in [0.15, 0.2) is 30.3 Å². The number of aryl methyl sites for hydroxylation is 1. The number of amides is 1. The molecule has 3 heterocycles. The van der Waals surface area contributed by atoms with Crippen LogP contribution < -0.4 is 0 Å². The van der Waals surface area contributed by atoms with E-state index in [9.17, 15) is 4.79 Å². The van der Waals surface area contributed by atoms with E-state index in [1.165, 1.54) is 12.0 Å². The Kier molecular flexibility index (Phi) is 4.53. The fraction of sp³-hybridized carbons (Fsp3) is 0.526. The zero-order chi connectivity index (χ0) is 17.2. The molecule has 0 spiro atoms. The summed E-state index contributed by atoms with van der Waals surface area (Å²) in [6.07, 6.45) is 3.71. The lowest BCUT2D eigenvalue weighted by Crippen LogP contribution is -2.39. The molecule has 1 fully saturated rings. The number of nitrogens with zero attached hydrogens (tertiary/aromatic N) is 5. The first-order chi connectivity index (χ1) is 12.2. The molecule has 2 aliphatic heterocycles. The minimum atomic E-state index is 0.206. The molecular formula is C19H25N5O. The fourth-order valence-electron chi connectivity index (χ4n) is 3.93. The van der Waals surface area contributed by atoms with E-state index in [1.807, 2.05) is 23.1 Å².